The predicted octanol–water partition coefficient (Wildman–Crippen LogP) is 1.28. The van der Waals surface area contributed by atoms with Gasteiger partial charge in [0, 0.05) is 19.5 Å². The van der Waals surface area contributed by atoms with E-state index in [0.29, 0.717) is 38.9 Å². The molecule has 11 heteroatoms. The van der Waals surface area contributed by atoms with Gasteiger partial charge in [-0.3, -0.25) is 14.5 Å². The molecule has 4 aromatic heterocycles. The van der Waals surface area contributed by atoms with Gasteiger partial charge >= 0.3 is 0 Å². The van der Waals surface area contributed by atoms with E-state index < -0.39 is 0 Å². The van der Waals surface area contributed by atoms with Crippen molar-refractivity contribution in [2.45, 2.75) is 18.6 Å². The van der Waals surface area contributed by atoms with Gasteiger partial charge in [0.15, 0.2) is 11.6 Å². The summed E-state index contributed by atoms with van der Waals surface area (Å²) < 4.78 is 7.90. The average molecular weight is 382 g/mol. The van der Waals surface area contributed by atoms with E-state index in [1.165, 1.54) is 27.0 Å². The Bertz CT molecular complexity index is 1250. The van der Waals surface area contributed by atoms with E-state index in [2.05, 4.69) is 31.3 Å². The molecule has 4 rings (SSSR count). The summed E-state index contributed by atoms with van der Waals surface area (Å²) in [6.07, 6.45) is 3.04. The number of thioether (sulfide) groups is 1. The Morgan fingerprint density at radius 1 is 1.44 bits per heavy atom. The van der Waals surface area contributed by atoms with Crippen molar-refractivity contribution in [1.82, 2.24) is 34.3 Å². The lowest BCUT2D eigenvalue weighted by Gasteiger charge is -2.06. The van der Waals surface area contributed by atoms with Crippen LogP contribution in [0.3, 0.4) is 0 Å². The minimum atomic E-state index is -0.334. The Balaban J connectivity index is 1.92. The molecule has 0 aliphatic heterocycles. The van der Waals surface area contributed by atoms with Gasteiger partial charge in [0.2, 0.25) is 0 Å². The van der Waals surface area contributed by atoms with Crippen LogP contribution in [0.5, 0.6) is 0 Å². The van der Waals surface area contributed by atoms with Gasteiger partial charge in [0.05, 0.1) is 10.9 Å². The first-order chi connectivity index (χ1) is 13.2. The Morgan fingerprint density at radius 2 is 2.30 bits per heavy atom. The van der Waals surface area contributed by atoms with Crippen LogP contribution in [0.2, 0.25) is 0 Å². The molecule has 0 spiro atoms. The maximum absolute atomic E-state index is 13.0. The van der Waals surface area contributed by atoms with Crippen LogP contribution in [0.1, 0.15) is 18.3 Å². The van der Waals surface area contributed by atoms with E-state index in [-0.39, 0.29) is 12.2 Å². The van der Waals surface area contributed by atoms with Crippen LogP contribution in [0.4, 0.5) is 0 Å². The van der Waals surface area contributed by atoms with E-state index >= 15 is 0 Å². The highest BCUT2D eigenvalue weighted by molar-refractivity contribution is 7.99. The largest absolute Gasteiger partial charge is 0.377 e. The number of nitrogens with one attached hydrogen (secondary N) is 1. The van der Waals surface area contributed by atoms with Gasteiger partial charge in [0.25, 0.3) is 11.3 Å². The number of hydrogen-bond acceptors (Lipinski definition) is 8. The molecule has 0 atom stereocenters. The molecule has 0 aliphatic carbocycles. The third-order valence-corrected chi connectivity index (χ3v) is 4.76. The van der Waals surface area contributed by atoms with Crippen LogP contribution in [-0.2, 0) is 11.3 Å². The first-order valence-electron chi connectivity index (χ1n) is 8.04. The van der Waals surface area contributed by atoms with Gasteiger partial charge < -0.3 is 4.74 Å². The third kappa shape index (κ3) is 2.75. The van der Waals surface area contributed by atoms with Gasteiger partial charge in [-0.25, -0.2) is 4.98 Å². The normalized spacial score (nSPS) is 11.3. The second-order valence-corrected chi connectivity index (χ2v) is 6.77. The summed E-state index contributed by atoms with van der Waals surface area (Å²) in [7, 11) is 1.55. The topological polar surface area (TPSA) is 127 Å². The summed E-state index contributed by atoms with van der Waals surface area (Å²) in [5.41, 5.74) is 0.566. The lowest BCUT2D eigenvalue weighted by molar-refractivity contribution is 0.178. The second kappa shape index (κ2) is 6.82. The fourth-order valence-corrected chi connectivity index (χ4v) is 3.43. The molecule has 1 N–H and O–H groups in total. The standard InChI is InChI=1S/C16H14N8O2S/c1-3-27-14-9(6-17)13(20-21-14)23-5-4-11-10(15(23)25)7-18-16-19-12(8-26-2)22-24(11)16/h4-5,7H,3,8H2,1-2H3,(H,20,21). The minimum absolute atomic E-state index is 0.249. The molecule has 4 aromatic rings. The number of methoxy groups -OCH3 is 1. The highest BCUT2D eigenvalue weighted by Crippen LogP contribution is 2.24. The zero-order valence-corrected chi connectivity index (χ0v) is 15.3. The van der Waals surface area contributed by atoms with Gasteiger partial charge in [0.1, 0.15) is 23.3 Å². The lowest BCUT2D eigenvalue weighted by Crippen LogP contribution is -2.20. The highest BCUT2D eigenvalue weighted by atomic mass is 32.2. The number of hydrogen-bond donors (Lipinski definition) is 1. The van der Waals surface area contributed by atoms with Crippen LogP contribution < -0.4 is 5.56 Å². The van der Waals surface area contributed by atoms with E-state index in [0.717, 1.165) is 5.75 Å². The summed E-state index contributed by atoms with van der Waals surface area (Å²) >= 11 is 1.43. The molecular formula is C16H14N8O2S. The molecule has 0 fully saturated rings. The molecule has 4 heterocycles. The molecule has 136 valence electrons. The molecular weight excluding hydrogens is 368 g/mol. The molecule has 0 aromatic carbocycles. The number of ether oxygens (including phenoxy) is 1. The highest BCUT2D eigenvalue weighted by Gasteiger charge is 2.18. The third-order valence-electron chi connectivity index (χ3n) is 3.90. The number of aromatic amines is 1. The molecule has 0 unspecified atom stereocenters. The second-order valence-electron chi connectivity index (χ2n) is 5.52. The number of rotatable bonds is 5. The van der Waals surface area contributed by atoms with E-state index in [1.807, 2.05) is 6.92 Å². The molecule has 10 nitrogen and oxygen atoms in total. The van der Waals surface area contributed by atoms with Crippen molar-refractivity contribution < 1.29 is 4.74 Å². The number of pyridine rings is 1. The quantitative estimate of drug-likeness (QED) is 0.512. The minimum Gasteiger partial charge on any atom is -0.377 e. The van der Waals surface area contributed by atoms with Crippen molar-refractivity contribution in [3.63, 3.8) is 0 Å². The smallest absolute Gasteiger partial charge is 0.267 e. The summed E-state index contributed by atoms with van der Waals surface area (Å²) in [6.45, 7) is 2.22. The number of nitriles is 1. The van der Waals surface area contributed by atoms with E-state index in [1.54, 1.807) is 19.4 Å². The van der Waals surface area contributed by atoms with Gasteiger partial charge in [-0.1, -0.05) is 6.92 Å². The van der Waals surface area contributed by atoms with Crippen LogP contribution in [0.15, 0.2) is 28.3 Å². The number of fused-ring (bicyclic) bond motifs is 3. The fraction of sp³-hybridized carbons (Fsp3) is 0.250. The summed E-state index contributed by atoms with van der Waals surface area (Å²) in [4.78, 5) is 21.5. The summed E-state index contributed by atoms with van der Waals surface area (Å²) in [6, 6.07) is 3.85. The van der Waals surface area contributed by atoms with E-state index in [9.17, 15) is 10.1 Å². The van der Waals surface area contributed by atoms with Crippen LogP contribution in [-0.4, -0.2) is 47.2 Å². The SMILES string of the molecule is CCSc1n[nH]c(-n2ccc3c(cnc4nc(COC)nn43)c2=O)c1C#N. The first kappa shape index (κ1) is 17.2. The van der Waals surface area contributed by atoms with Crippen LogP contribution >= 0.6 is 11.8 Å². The van der Waals surface area contributed by atoms with Gasteiger partial charge in [-0.05, 0) is 11.8 Å². The van der Waals surface area contributed by atoms with Crippen molar-refractivity contribution in [1.29, 1.82) is 5.26 Å². The number of nitrogens with zero attached hydrogens (tertiary/aromatic N) is 7. The molecule has 0 aliphatic rings. The van der Waals surface area contributed by atoms with Crippen molar-refractivity contribution in [2.24, 2.45) is 0 Å². The molecule has 0 radical (unpaired) electrons. The lowest BCUT2D eigenvalue weighted by atomic mass is 10.3. The first-order valence-corrected chi connectivity index (χ1v) is 9.03. The van der Waals surface area contributed by atoms with Crippen LogP contribution in [0, 0.1) is 11.3 Å². The molecule has 0 bridgehead atoms. The Morgan fingerprint density at radius 3 is 3.04 bits per heavy atom. The van der Waals surface area contributed by atoms with Crippen molar-refractivity contribution in [3.8, 4) is 11.9 Å². The van der Waals surface area contributed by atoms with E-state index in [4.69, 9.17) is 4.74 Å². The van der Waals surface area contributed by atoms with Gasteiger partial charge in [-0.15, -0.1) is 16.9 Å². The maximum Gasteiger partial charge on any atom is 0.267 e. The maximum atomic E-state index is 13.0. The Labute approximate surface area is 156 Å². The molecule has 0 saturated heterocycles. The number of H-pyrrole nitrogens is 1. The molecule has 27 heavy (non-hydrogen) atoms. The monoisotopic (exact) mass is 382 g/mol. The fourth-order valence-electron chi connectivity index (χ4n) is 2.76. The predicted molar refractivity (Wildman–Crippen MR) is 97.9 cm³/mol. The van der Waals surface area contributed by atoms with Crippen molar-refractivity contribution in [2.75, 3.05) is 12.9 Å². The zero-order chi connectivity index (χ0) is 19.0. The molecule has 0 saturated carbocycles. The Hall–Kier alpha value is -3.23. The number of aromatic nitrogens is 7. The average Bonchev–Trinajstić information content (AvgIpc) is 3.26. The Kier molecular flexibility index (Phi) is 4.35. The summed E-state index contributed by atoms with van der Waals surface area (Å²) in [5, 5.41) is 21.7. The van der Waals surface area contributed by atoms with Crippen molar-refractivity contribution in [3.05, 3.63) is 40.2 Å². The summed E-state index contributed by atoms with van der Waals surface area (Å²) in [5.74, 6) is 1.96. The zero-order valence-electron chi connectivity index (χ0n) is 14.5. The van der Waals surface area contributed by atoms with Crippen LogP contribution in [0.25, 0.3) is 22.5 Å². The van der Waals surface area contributed by atoms with Gasteiger partial charge in [-0.2, -0.15) is 19.9 Å². The van der Waals surface area contributed by atoms with Crippen molar-refractivity contribution >= 4 is 28.4 Å². The molecule has 0 amide bonds.